The first-order valence-corrected chi connectivity index (χ1v) is 14.9. The number of hydrogen-bond acceptors (Lipinski definition) is 9. The van der Waals surface area contributed by atoms with Crippen LogP contribution in [0.3, 0.4) is 0 Å². The Morgan fingerprint density at radius 1 is 0.744 bits per heavy atom. The van der Waals surface area contributed by atoms with E-state index in [0.29, 0.717) is 52.0 Å². The van der Waals surface area contributed by atoms with E-state index in [1.54, 1.807) is 0 Å². The van der Waals surface area contributed by atoms with Crippen molar-refractivity contribution in [3.05, 3.63) is 0 Å². The summed E-state index contributed by atoms with van der Waals surface area (Å²) in [4.78, 5) is 70.4. The molecule has 0 aromatic carbocycles. The second-order valence-electron chi connectivity index (χ2n) is 10.3. The highest BCUT2D eigenvalue weighted by Crippen LogP contribution is 2.28. The zero-order valence-corrected chi connectivity index (χ0v) is 25.0. The molecular formula is C28H48N4O11. The minimum Gasteiger partial charge on any atom is -0.481 e. The van der Waals surface area contributed by atoms with Crippen molar-refractivity contribution in [3.8, 4) is 0 Å². The van der Waals surface area contributed by atoms with E-state index in [0.717, 1.165) is 0 Å². The van der Waals surface area contributed by atoms with Gasteiger partial charge in [-0.05, 0) is 51.4 Å². The summed E-state index contributed by atoms with van der Waals surface area (Å²) in [6, 6.07) is -1.19. The van der Waals surface area contributed by atoms with Crippen LogP contribution < -0.4 is 21.3 Å². The maximum absolute atomic E-state index is 12.7. The molecule has 1 unspecified atom stereocenters. The van der Waals surface area contributed by atoms with Gasteiger partial charge in [-0.25, -0.2) is 4.79 Å². The molecule has 15 heteroatoms. The third-order valence-corrected chi connectivity index (χ3v) is 6.82. The second-order valence-corrected chi connectivity index (χ2v) is 10.3. The van der Waals surface area contributed by atoms with Gasteiger partial charge < -0.3 is 45.7 Å². The highest BCUT2D eigenvalue weighted by Gasteiger charge is 2.29. The van der Waals surface area contributed by atoms with Crippen LogP contribution in [0.4, 0.5) is 0 Å². The van der Waals surface area contributed by atoms with Crippen LogP contribution in [-0.4, -0.2) is 111 Å². The second kappa shape index (κ2) is 23.2. The zero-order valence-electron chi connectivity index (χ0n) is 25.0. The van der Waals surface area contributed by atoms with Crippen molar-refractivity contribution < 1.29 is 53.2 Å². The molecule has 6 N–H and O–H groups in total. The first-order chi connectivity index (χ1) is 20.6. The average molecular weight is 617 g/mol. The molecule has 0 bridgehead atoms. The Morgan fingerprint density at radius 3 is 2.02 bits per heavy atom. The lowest BCUT2D eigenvalue weighted by atomic mass is 9.81. The summed E-state index contributed by atoms with van der Waals surface area (Å²) in [7, 11) is 0. The first kappa shape index (κ1) is 37.7. The molecule has 1 fully saturated rings. The number of amides is 4. The maximum Gasteiger partial charge on any atom is 0.326 e. The van der Waals surface area contributed by atoms with Crippen LogP contribution in [0.5, 0.6) is 0 Å². The van der Waals surface area contributed by atoms with Crippen molar-refractivity contribution in [1.82, 2.24) is 21.3 Å². The number of rotatable bonds is 24. The molecule has 43 heavy (non-hydrogen) atoms. The van der Waals surface area contributed by atoms with Crippen LogP contribution >= 0.6 is 0 Å². The van der Waals surface area contributed by atoms with Gasteiger partial charge in [-0.15, -0.1) is 0 Å². The molecule has 0 aromatic rings. The minimum absolute atomic E-state index is 0.0537. The molecule has 1 saturated carbocycles. The van der Waals surface area contributed by atoms with Crippen molar-refractivity contribution in [2.24, 2.45) is 11.8 Å². The van der Waals surface area contributed by atoms with E-state index in [-0.39, 0.29) is 101 Å². The summed E-state index contributed by atoms with van der Waals surface area (Å²) in [5.74, 6) is -3.46. The molecule has 1 aliphatic rings. The molecule has 15 nitrogen and oxygen atoms in total. The molecule has 0 spiro atoms. The van der Waals surface area contributed by atoms with Crippen molar-refractivity contribution in [2.75, 3.05) is 59.3 Å². The molecule has 246 valence electrons. The Morgan fingerprint density at radius 2 is 1.37 bits per heavy atom. The Bertz CT molecular complexity index is 879. The van der Waals surface area contributed by atoms with Gasteiger partial charge in [0.05, 0.1) is 26.4 Å². The first-order valence-electron chi connectivity index (χ1n) is 14.9. The van der Waals surface area contributed by atoms with E-state index in [1.165, 1.54) is 0 Å². The number of carbonyl (C=O) groups is 6. The van der Waals surface area contributed by atoms with Gasteiger partial charge in [-0.3, -0.25) is 24.0 Å². The van der Waals surface area contributed by atoms with Gasteiger partial charge in [0, 0.05) is 51.4 Å². The van der Waals surface area contributed by atoms with Crippen molar-refractivity contribution in [1.29, 1.82) is 0 Å². The highest BCUT2D eigenvalue weighted by molar-refractivity contribution is 5.85. The van der Waals surface area contributed by atoms with Crippen LogP contribution in [0, 0.1) is 11.8 Å². The smallest absolute Gasteiger partial charge is 0.326 e. The third-order valence-electron chi connectivity index (χ3n) is 6.82. The summed E-state index contributed by atoms with van der Waals surface area (Å²) in [5, 5.41) is 28.8. The minimum atomic E-state index is -1.22. The van der Waals surface area contributed by atoms with Gasteiger partial charge in [0.2, 0.25) is 23.6 Å². The number of nitrogens with one attached hydrogen (secondary N) is 4. The van der Waals surface area contributed by atoms with Gasteiger partial charge in [0.1, 0.15) is 12.6 Å². The van der Waals surface area contributed by atoms with Crippen molar-refractivity contribution in [3.63, 3.8) is 0 Å². The fourth-order valence-electron chi connectivity index (χ4n) is 4.39. The van der Waals surface area contributed by atoms with Gasteiger partial charge in [-0.1, -0.05) is 0 Å². The summed E-state index contributed by atoms with van der Waals surface area (Å²) in [6.45, 7) is 4.55. The number of ether oxygens (including phenoxy) is 3. The number of carbonyl (C=O) groups excluding carboxylic acids is 4. The Balaban J connectivity index is 2.15. The quantitative estimate of drug-likeness (QED) is 0.0781. The normalized spacial score (nSPS) is 17.0. The highest BCUT2D eigenvalue weighted by atomic mass is 16.5. The molecule has 1 rings (SSSR count). The molecule has 1 atom stereocenters. The van der Waals surface area contributed by atoms with Gasteiger partial charge in [0.25, 0.3) is 0 Å². The Hall–Kier alpha value is -3.30. The van der Waals surface area contributed by atoms with E-state index in [2.05, 4.69) is 21.3 Å². The topological polar surface area (TPSA) is 219 Å². The monoisotopic (exact) mass is 616 g/mol. The summed E-state index contributed by atoms with van der Waals surface area (Å²) in [6.07, 6.45) is 2.76. The van der Waals surface area contributed by atoms with Crippen LogP contribution in [0.2, 0.25) is 0 Å². The number of carboxylic acid groups (broad SMARTS) is 2. The van der Waals surface area contributed by atoms with Crippen LogP contribution in [-0.2, 0) is 43.0 Å². The number of hydrogen-bond donors (Lipinski definition) is 6. The Kier molecular flexibility index (Phi) is 20.3. The van der Waals surface area contributed by atoms with E-state index in [4.69, 9.17) is 19.3 Å². The van der Waals surface area contributed by atoms with Gasteiger partial charge in [0.15, 0.2) is 0 Å². The molecule has 0 radical (unpaired) electrons. The predicted molar refractivity (Wildman–Crippen MR) is 153 cm³/mol. The zero-order chi connectivity index (χ0) is 31.9. The summed E-state index contributed by atoms with van der Waals surface area (Å²) >= 11 is 0. The van der Waals surface area contributed by atoms with Crippen molar-refractivity contribution in [2.45, 2.75) is 70.8 Å². The third kappa shape index (κ3) is 19.5. The van der Waals surface area contributed by atoms with Gasteiger partial charge >= 0.3 is 11.9 Å². The molecule has 4 amide bonds. The summed E-state index contributed by atoms with van der Waals surface area (Å²) in [5.41, 5.74) is 0. The van der Waals surface area contributed by atoms with Crippen LogP contribution in [0.1, 0.15) is 64.7 Å². The molecule has 0 saturated heterocycles. The van der Waals surface area contributed by atoms with Gasteiger partial charge in [-0.2, -0.15) is 0 Å². The molecule has 0 heterocycles. The summed E-state index contributed by atoms with van der Waals surface area (Å²) < 4.78 is 15.7. The van der Waals surface area contributed by atoms with E-state index in [1.807, 2.05) is 6.92 Å². The number of carboxylic acids is 2. The lowest BCUT2D eigenvalue weighted by Gasteiger charge is -2.28. The fourth-order valence-corrected chi connectivity index (χ4v) is 4.39. The largest absolute Gasteiger partial charge is 0.481 e. The Labute approximate surface area is 252 Å². The predicted octanol–water partition coefficient (Wildman–Crippen LogP) is -0.184. The van der Waals surface area contributed by atoms with Crippen LogP contribution in [0.15, 0.2) is 0 Å². The molecule has 0 aromatic heterocycles. The van der Waals surface area contributed by atoms with E-state index in [9.17, 15) is 33.9 Å². The molecule has 0 aliphatic heterocycles. The standard InChI is InChI=1S/C28H48N4O11/c1-2-41-14-12-30-25(35)19-43-17-16-42-15-13-29-24(34)11-10-22(28(39)40)32-27(38)21-8-6-20(7-9-21)18-31-23(33)4-3-5-26(36)37/h20-22H,2-19H2,1H3,(H,29,34)(H,30,35)(H,31,33)(H,32,38)(H,36,37)(H,39,40). The SMILES string of the molecule is CCOCCNC(=O)COCCOCCNC(=O)CCC(NC(=O)C1CCC(CNC(=O)CCCC(=O)O)CC1)C(=O)O. The average Bonchev–Trinajstić information content (AvgIpc) is 2.97. The lowest BCUT2D eigenvalue weighted by Crippen LogP contribution is -2.45. The molecule has 1 aliphatic carbocycles. The van der Waals surface area contributed by atoms with E-state index >= 15 is 0 Å². The lowest BCUT2D eigenvalue weighted by molar-refractivity contribution is -0.143. The fraction of sp³-hybridized carbons (Fsp3) is 0.786. The van der Waals surface area contributed by atoms with E-state index < -0.39 is 18.0 Å². The number of aliphatic carboxylic acids is 2. The molecular weight excluding hydrogens is 568 g/mol. The van der Waals surface area contributed by atoms with Crippen molar-refractivity contribution >= 4 is 35.6 Å². The maximum atomic E-state index is 12.7. The van der Waals surface area contributed by atoms with Crippen LogP contribution in [0.25, 0.3) is 0 Å².